The fourth-order valence-corrected chi connectivity index (χ4v) is 2.92. The van der Waals surface area contributed by atoms with E-state index in [4.69, 9.17) is 4.74 Å². The van der Waals surface area contributed by atoms with Crippen LogP contribution in [0.1, 0.15) is 57.4 Å². The molecule has 0 radical (unpaired) electrons. The molecule has 0 spiro atoms. The molecule has 1 aromatic rings. The van der Waals surface area contributed by atoms with Gasteiger partial charge in [0, 0.05) is 6.04 Å². The van der Waals surface area contributed by atoms with Gasteiger partial charge in [0.05, 0.1) is 6.61 Å². The number of rotatable bonds is 8. The monoisotopic (exact) mass is 275 g/mol. The predicted molar refractivity (Wildman–Crippen MR) is 85.4 cm³/mol. The second kappa shape index (κ2) is 9.02. The van der Waals surface area contributed by atoms with E-state index in [-0.39, 0.29) is 0 Å². The standard InChI is InChI=1S/C18H29NO/c1-2-7-16-10-12-18(13-11-16)20-15-6-14-19-17-8-4-3-5-9-17/h10-13,17,19H,2-9,14-15H2,1H3. The molecule has 2 rings (SSSR count). The van der Waals surface area contributed by atoms with Crippen molar-refractivity contribution in [2.75, 3.05) is 13.2 Å². The number of nitrogens with one attached hydrogen (secondary N) is 1. The number of hydrogen-bond donors (Lipinski definition) is 1. The first-order chi connectivity index (χ1) is 9.88. The normalized spacial score (nSPS) is 16.2. The molecule has 0 bridgehead atoms. The Kier molecular flexibility index (Phi) is 6.93. The first-order valence-corrected chi connectivity index (χ1v) is 8.33. The SMILES string of the molecule is CCCc1ccc(OCCCNC2CCCCC2)cc1. The Labute approximate surface area is 123 Å². The lowest BCUT2D eigenvalue weighted by Gasteiger charge is -2.22. The van der Waals surface area contributed by atoms with Gasteiger partial charge in [-0.2, -0.15) is 0 Å². The molecule has 0 unspecified atom stereocenters. The van der Waals surface area contributed by atoms with E-state index in [1.54, 1.807) is 0 Å². The predicted octanol–water partition coefficient (Wildman–Crippen LogP) is 4.33. The average Bonchev–Trinajstić information content (AvgIpc) is 2.50. The molecule has 1 N–H and O–H groups in total. The van der Waals surface area contributed by atoms with Crippen LogP contribution in [0.4, 0.5) is 0 Å². The first kappa shape index (κ1) is 15.4. The van der Waals surface area contributed by atoms with E-state index in [1.165, 1.54) is 44.1 Å². The molecule has 2 heteroatoms. The minimum atomic E-state index is 0.761. The summed E-state index contributed by atoms with van der Waals surface area (Å²) in [6.07, 6.45) is 10.4. The molecule has 0 aromatic heterocycles. The van der Waals surface area contributed by atoms with Gasteiger partial charge >= 0.3 is 0 Å². The molecule has 20 heavy (non-hydrogen) atoms. The van der Waals surface area contributed by atoms with Gasteiger partial charge in [-0.1, -0.05) is 44.7 Å². The van der Waals surface area contributed by atoms with Gasteiger partial charge in [-0.25, -0.2) is 0 Å². The minimum absolute atomic E-state index is 0.761. The lowest BCUT2D eigenvalue weighted by molar-refractivity contribution is 0.297. The summed E-state index contributed by atoms with van der Waals surface area (Å²) < 4.78 is 5.79. The number of hydrogen-bond acceptors (Lipinski definition) is 2. The van der Waals surface area contributed by atoms with E-state index < -0.39 is 0 Å². The Hall–Kier alpha value is -1.02. The maximum Gasteiger partial charge on any atom is 0.119 e. The fraction of sp³-hybridized carbons (Fsp3) is 0.667. The van der Waals surface area contributed by atoms with Gasteiger partial charge in [0.1, 0.15) is 5.75 Å². The Morgan fingerprint density at radius 2 is 1.85 bits per heavy atom. The first-order valence-electron chi connectivity index (χ1n) is 8.33. The van der Waals surface area contributed by atoms with Crippen LogP contribution in [0.3, 0.4) is 0 Å². The summed E-state index contributed by atoms with van der Waals surface area (Å²) in [5, 5.41) is 3.65. The zero-order valence-electron chi connectivity index (χ0n) is 12.9. The number of ether oxygens (including phenoxy) is 1. The average molecular weight is 275 g/mol. The highest BCUT2D eigenvalue weighted by atomic mass is 16.5. The molecule has 1 aliphatic rings. The van der Waals surface area contributed by atoms with Crippen molar-refractivity contribution in [3.63, 3.8) is 0 Å². The number of aryl methyl sites for hydroxylation is 1. The Morgan fingerprint density at radius 1 is 1.10 bits per heavy atom. The highest BCUT2D eigenvalue weighted by molar-refractivity contribution is 5.27. The maximum atomic E-state index is 5.79. The summed E-state index contributed by atoms with van der Waals surface area (Å²) >= 11 is 0. The maximum absolute atomic E-state index is 5.79. The lowest BCUT2D eigenvalue weighted by atomic mass is 9.95. The van der Waals surface area contributed by atoms with E-state index in [2.05, 4.69) is 36.5 Å². The van der Waals surface area contributed by atoms with Crippen LogP contribution in [-0.2, 0) is 6.42 Å². The summed E-state index contributed by atoms with van der Waals surface area (Å²) in [5.41, 5.74) is 1.40. The van der Waals surface area contributed by atoms with E-state index in [0.717, 1.165) is 37.8 Å². The van der Waals surface area contributed by atoms with E-state index >= 15 is 0 Å². The summed E-state index contributed by atoms with van der Waals surface area (Å²) in [7, 11) is 0. The van der Waals surface area contributed by atoms with Gasteiger partial charge < -0.3 is 10.1 Å². The third kappa shape index (κ3) is 5.54. The van der Waals surface area contributed by atoms with E-state index in [9.17, 15) is 0 Å². The summed E-state index contributed by atoms with van der Waals surface area (Å²) in [6.45, 7) is 4.11. The van der Waals surface area contributed by atoms with Gasteiger partial charge in [0.2, 0.25) is 0 Å². The molecule has 1 fully saturated rings. The van der Waals surface area contributed by atoms with Crippen LogP contribution < -0.4 is 10.1 Å². The van der Waals surface area contributed by atoms with Crippen molar-refractivity contribution in [3.8, 4) is 5.75 Å². The number of benzene rings is 1. The zero-order valence-corrected chi connectivity index (χ0v) is 12.9. The van der Waals surface area contributed by atoms with Crippen molar-refractivity contribution >= 4 is 0 Å². The molecule has 0 amide bonds. The summed E-state index contributed by atoms with van der Waals surface area (Å²) in [4.78, 5) is 0. The Balaban J connectivity index is 1.56. The highest BCUT2D eigenvalue weighted by Crippen LogP contribution is 2.17. The molecular formula is C18H29NO. The van der Waals surface area contributed by atoms with Crippen LogP contribution in [0.25, 0.3) is 0 Å². The zero-order chi connectivity index (χ0) is 14.0. The van der Waals surface area contributed by atoms with Crippen LogP contribution in [0, 0.1) is 0 Å². The van der Waals surface area contributed by atoms with Crippen LogP contribution in [0.5, 0.6) is 5.75 Å². The van der Waals surface area contributed by atoms with Crippen LogP contribution in [0.2, 0.25) is 0 Å². The van der Waals surface area contributed by atoms with Crippen LogP contribution in [0.15, 0.2) is 24.3 Å². The molecule has 1 aromatic carbocycles. The van der Waals surface area contributed by atoms with Gasteiger partial charge in [0.15, 0.2) is 0 Å². The molecule has 1 aliphatic carbocycles. The van der Waals surface area contributed by atoms with Crippen molar-refractivity contribution in [2.24, 2.45) is 0 Å². The highest BCUT2D eigenvalue weighted by Gasteiger charge is 2.11. The van der Waals surface area contributed by atoms with Crippen molar-refractivity contribution in [1.82, 2.24) is 5.32 Å². The third-order valence-corrected chi connectivity index (χ3v) is 4.09. The fourth-order valence-electron chi connectivity index (χ4n) is 2.92. The van der Waals surface area contributed by atoms with Gasteiger partial charge in [-0.15, -0.1) is 0 Å². The Morgan fingerprint density at radius 3 is 2.55 bits per heavy atom. The van der Waals surface area contributed by atoms with E-state index in [1.807, 2.05) is 0 Å². The van der Waals surface area contributed by atoms with Gasteiger partial charge in [-0.3, -0.25) is 0 Å². The van der Waals surface area contributed by atoms with Crippen LogP contribution in [-0.4, -0.2) is 19.2 Å². The molecule has 0 atom stereocenters. The third-order valence-electron chi connectivity index (χ3n) is 4.09. The molecule has 112 valence electrons. The quantitative estimate of drug-likeness (QED) is 0.713. The van der Waals surface area contributed by atoms with Crippen molar-refractivity contribution in [3.05, 3.63) is 29.8 Å². The second-order valence-electron chi connectivity index (χ2n) is 5.89. The smallest absolute Gasteiger partial charge is 0.119 e. The van der Waals surface area contributed by atoms with Crippen molar-refractivity contribution in [2.45, 2.75) is 64.3 Å². The largest absolute Gasteiger partial charge is 0.494 e. The molecule has 0 heterocycles. The summed E-state index contributed by atoms with van der Waals surface area (Å²) in [5.74, 6) is 1.00. The van der Waals surface area contributed by atoms with Crippen LogP contribution >= 0.6 is 0 Å². The topological polar surface area (TPSA) is 21.3 Å². The van der Waals surface area contributed by atoms with Gasteiger partial charge in [-0.05, 0) is 49.9 Å². The summed E-state index contributed by atoms with van der Waals surface area (Å²) in [6, 6.07) is 9.31. The molecule has 2 nitrogen and oxygen atoms in total. The molecule has 1 saturated carbocycles. The van der Waals surface area contributed by atoms with Gasteiger partial charge in [0.25, 0.3) is 0 Å². The second-order valence-corrected chi connectivity index (χ2v) is 5.89. The molecular weight excluding hydrogens is 246 g/mol. The molecule has 0 saturated heterocycles. The van der Waals surface area contributed by atoms with Crippen molar-refractivity contribution < 1.29 is 4.74 Å². The minimum Gasteiger partial charge on any atom is -0.494 e. The Bertz CT molecular complexity index is 354. The lowest BCUT2D eigenvalue weighted by Crippen LogP contribution is -2.32. The van der Waals surface area contributed by atoms with E-state index in [0.29, 0.717) is 0 Å². The van der Waals surface area contributed by atoms with Crippen molar-refractivity contribution in [1.29, 1.82) is 0 Å². The molecule has 0 aliphatic heterocycles.